The van der Waals surface area contributed by atoms with Crippen LogP contribution in [0.15, 0.2) is 29.0 Å². The molecule has 16 heavy (non-hydrogen) atoms. The van der Waals surface area contributed by atoms with Crippen LogP contribution >= 0.6 is 15.9 Å². The molecule has 0 aliphatic heterocycles. The van der Waals surface area contributed by atoms with E-state index in [0.717, 1.165) is 15.9 Å². The van der Waals surface area contributed by atoms with Gasteiger partial charge in [0.2, 0.25) is 0 Å². The lowest BCUT2D eigenvalue weighted by Crippen LogP contribution is -2.31. The highest BCUT2D eigenvalue weighted by atomic mass is 79.9. The fourth-order valence-electron chi connectivity index (χ4n) is 1.47. The van der Waals surface area contributed by atoms with Gasteiger partial charge in [0.15, 0.2) is 0 Å². The van der Waals surface area contributed by atoms with Gasteiger partial charge in [-0.15, -0.1) is 5.10 Å². The molecule has 3 N–H and O–H groups in total. The molecule has 0 saturated heterocycles. The highest BCUT2D eigenvalue weighted by Gasteiger charge is 2.19. The third-order valence-corrected chi connectivity index (χ3v) is 2.94. The van der Waals surface area contributed by atoms with Gasteiger partial charge in [0, 0.05) is 17.7 Å². The number of nitrogens with one attached hydrogen (secondary N) is 1. The Morgan fingerprint density at radius 3 is 2.94 bits per heavy atom. The molecule has 2 aromatic rings. The maximum absolute atomic E-state index is 5.55. The minimum absolute atomic E-state index is 0.240. The van der Waals surface area contributed by atoms with Crippen molar-refractivity contribution >= 4 is 15.9 Å². The molecule has 1 unspecified atom stereocenters. The van der Waals surface area contributed by atoms with E-state index >= 15 is 0 Å². The van der Waals surface area contributed by atoms with Gasteiger partial charge >= 0.3 is 0 Å². The minimum Gasteiger partial charge on any atom is -0.270 e. The Hall–Kier alpha value is -1.31. The standard InChI is InChI=1S/C9H11BrN6/c1-16-7(5-13-15-16)9(14-11)8-6(10)3-2-4-12-8/h2-5,9,14H,11H2,1H3. The lowest BCUT2D eigenvalue weighted by molar-refractivity contribution is 0.558. The summed E-state index contributed by atoms with van der Waals surface area (Å²) >= 11 is 3.44. The highest BCUT2D eigenvalue weighted by molar-refractivity contribution is 9.10. The first-order valence-electron chi connectivity index (χ1n) is 4.65. The number of rotatable bonds is 3. The maximum atomic E-state index is 5.55. The summed E-state index contributed by atoms with van der Waals surface area (Å²) in [6, 6.07) is 3.52. The first-order valence-corrected chi connectivity index (χ1v) is 5.44. The molecule has 2 rings (SSSR count). The van der Waals surface area contributed by atoms with Gasteiger partial charge in [0.25, 0.3) is 0 Å². The van der Waals surface area contributed by atoms with Gasteiger partial charge in [0.05, 0.1) is 17.6 Å². The zero-order valence-corrected chi connectivity index (χ0v) is 10.2. The van der Waals surface area contributed by atoms with Crippen LogP contribution in [0.2, 0.25) is 0 Å². The molecule has 2 heterocycles. The Labute approximate surface area is 101 Å². The smallest absolute Gasteiger partial charge is 0.108 e. The van der Waals surface area contributed by atoms with Crippen molar-refractivity contribution in [1.29, 1.82) is 0 Å². The fraction of sp³-hybridized carbons (Fsp3) is 0.222. The molecule has 0 aromatic carbocycles. The number of nitrogens with two attached hydrogens (primary N) is 1. The lowest BCUT2D eigenvalue weighted by atomic mass is 10.1. The molecule has 0 saturated carbocycles. The van der Waals surface area contributed by atoms with Crippen LogP contribution in [0, 0.1) is 0 Å². The molecule has 7 heteroatoms. The van der Waals surface area contributed by atoms with Crippen LogP contribution in [0.25, 0.3) is 0 Å². The predicted molar refractivity (Wildman–Crippen MR) is 62.1 cm³/mol. The number of hydrazine groups is 1. The normalized spacial score (nSPS) is 12.7. The Morgan fingerprint density at radius 2 is 2.38 bits per heavy atom. The highest BCUT2D eigenvalue weighted by Crippen LogP contribution is 2.24. The van der Waals surface area contributed by atoms with Crippen molar-refractivity contribution in [3.8, 4) is 0 Å². The maximum Gasteiger partial charge on any atom is 0.108 e. The van der Waals surface area contributed by atoms with Gasteiger partial charge in [-0.05, 0) is 28.1 Å². The second-order valence-corrected chi connectivity index (χ2v) is 4.11. The molecular weight excluding hydrogens is 272 g/mol. The first kappa shape index (κ1) is 11.2. The molecule has 0 radical (unpaired) electrons. The summed E-state index contributed by atoms with van der Waals surface area (Å²) in [6.07, 6.45) is 3.37. The van der Waals surface area contributed by atoms with E-state index in [9.17, 15) is 0 Å². The summed E-state index contributed by atoms with van der Waals surface area (Å²) < 4.78 is 2.55. The van der Waals surface area contributed by atoms with Crippen LogP contribution in [-0.2, 0) is 7.05 Å². The number of halogens is 1. The topological polar surface area (TPSA) is 81.7 Å². The van der Waals surface area contributed by atoms with Crippen molar-refractivity contribution in [3.05, 3.63) is 40.4 Å². The molecular formula is C9H11BrN6. The van der Waals surface area contributed by atoms with Crippen molar-refractivity contribution in [3.63, 3.8) is 0 Å². The monoisotopic (exact) mass is 282 g/mol. The molecule has 0 fully saturated rings. The molecule has 0 aliphatic carbocycles. The largest absolute Gasteiger partial charge is 0.270 e. The van der Waals surface area contributed by atoms with E-state index in [4.69, 9.17) is 5.84 Å². The van der Waals surface area contributed by atoms with Gasteiger partial charge in [-0.1, -0.05) is 5.21 Å². The number of aryl methyl sites for hydroxylation is 1. The number of nitrogens with zero attached hydrogens (tertiary/aromatic N) is 4. The summed E-state index contributed by atoms with van der Waals surface area (Å²) in [5.74, 6) is 5.55. The van der Waals surface area contributed by atoms with E-state index in [0.29, 0.717) is 0 Å². The Kier molecular flexibility index (Phi) is 3.28. The molecule has 0 aliphatic rings. The van der Waals surface area contributed by atoms with Crippen molar-refractivity contribution in [2.24, 2.45) is 12.9 Å². The van der Waals surface area contributed by atoms with Crippen LogP contribution in [0.4, 0.5) is 0 Å². The summed E-state index contributed by atoms with van der Waals surface area (Å²) in [5.41, 5.74) is 4.36. The van der Waals surface area contributed by atoms with E-state index in [2.05, 4.69) is 36.7 Å². The SMILES string of the molecule is Cn1nncc1C(NN)c1ncccc1Br. The van der Waals surface area contributed by atoms with E-state index in [-0.39, 0.29) is 6.04 Å². The Bertz CT molecular complexity index is 482. The van der Waals surface area contributed by atoms with E-state index in [1.807, 2.05) is 19.2 Å². The van der Waals surface area contributed by atoms with E-state index in [1.165, 1.54) is 0 Å². The van der Waals surface area contributed by atoms with Crippen molar-refractivity contribution in [2.45, 2.75) is 6.04 Å². The van der Waals surface area contributed by atoms with Crippen LogP contribution in [0.1, 0.15) is 17.4 Å². The van der Waals surface area contributed by atoms with E-state index in [1.54, 1.807) is 17.1 Å². The lowest BCUT2D eigenvalue weighted by Gasteiger charge is -2.15. The Morgan fingerprint density at radius 1 is 1.56 bits per heavy atom. The van der Waals surface area contributed by atoms with Gasteiger partial charge in [0.1, 0.15) is 6.04 Å². The van der Waals surface area contributed by atoms with E-state index < -0.39 is 0 Å². The third-order valence-electron chi connectivity index (χ3n) is 2.27. The molecule has 0 amide bonds. The summed E-state index contributed by atoms with van der Waals surface area (Å²) in [4.78, 5) is 4.29. The zero-order chi connectivity index (χ0) is 11.5. The van der Waals surface area contributed by atoms with Gasteiger partial charge < -0.3 is 0 Å². The number of aromatic nitrogens is 4. The fourth-order valence-corrected chi connectivity index (χ4v) is 1.96. The Balaban J connectivity index is 2.45. The van der Waals surface area contributed by atoms with Crippen LogP contribution in [0.3, 0.4) is 0 Å². The summed E-state index contributed by atoms with van der Waals surface area (Å²) in [7, 11) is 1.81. The average Bonchev–Trinajstić information content (AvgIpc) is 2.69. The van der Waals surface area contributed by atoms with Crippen molar-refractivity contribution < 1.29 is 0 Å². The molecule has 0 bridgehead atoms. The van der Waals surface area contributed by atoms with Gasteiger partial charge in [-0.2, -0.15) is 0 Å². The van der Waals surface area contributed by atoms with Gasteiger partial charge in [-0.3, -0.25) is 15.5 Å². The molecule has 6 nitrogen and oxygen atoms in total. The second-order valence-electron chi connectivity index (χ2n) is 3.25. The zero-order valence-electron chi connectivity index (χ0n) is 8.63. The molecule has 1 atom stereocenters. The molecule has 84 valence electrons. The van der Waals surface area contributed by atoms with Crippen LogP contribution < -0.4 is 11.3 Å². The van der Waals surface area contributed by atoms with Crippen molar-refractivity contribution in [1.82, 2.24) is 25.4 Å². The number of pyridine rings is 1. The predicted octanol–water partition coefficient (Wildman–Crippen LogP) is 0.525. The average molecular weight is 283 g/mol. The number of hydrogen-bond acceptors (Lipinski definition) is 5. The first-order chi connectivity index (χ1) is 7.74. The van der Waals surface area contributed by atoms with Crippen LogP contribution in [0.5, 0.6) is 0 Å². The molecule has 0 spiro atoms. The summed E-state index contributed by atoms with van der Waals surface area (Å²) in [6.45, 7) is 0. The number of hydrogen-bond donors (Lipinski definition) is 2. The summed E-state index contributed by atoms with van der Waals surface area (Å²) in [5, 5.41) is 7.69. The third kappa shape index (κ3) is 1.97. The quantitative estimate of drug-likeness (QED) is 0.634. The van der Waals surface area contributed by atoms with Crippen molar-refractivity contribution in [2.75, 3.05) is 0 Å². The second kappa shape index (κ2) is 4.69. The minimum atomic E-state index is -0.240. The van der Waals surface area contributed by atoms with Crippen LogP contribution in [-0.4, -0.2) is 20.0 Å². The van der Waals surface area contributed by atoms with Gasteiger partial charge in [-0.25, -0.2) is 5.43 Å². The molecule has 2 aromatic heterocycles.